The molecule has 0 bridgehead atoms. The number of ketones is 1. The fraction of sp³-hybridized carbons (Fsp3) is 0.524. The Bertz CT molecular complexity index is 832. The first-order valence-electron chi connectivity index (χ1n) is 9.71. The van der Waals surface area contributed by atoms with Gasteiger partial charge in [0.05, 0.1) is 11.2 Å². The lowest BCUT2D eigenvalue weighted by atomic mass is 9.91. The highest BCUT2D eigenvalue weighted by molar-refractivity contribution is 6.45. The van der Waals surface area contributed by atoms with Crippen LogP contribution in [0.4, 0.5) is 0 Å². The topological polar surface area (TPSA) is 74.6 Å². The maximum absolute atomic E-state index is 12.8. The first-order chi connectivity index (χ1) is 12.8. The van der Waals surface area contributed by atoms with E-state index in [1.165, 1.54) is 0 Å². The summed E-state index contributed by atoms with van der Waals surface area (Å²) in [6.07, 6.45) is 2.95. The van der Waals surface area contributed by atoms with Crippen LogP contribution in [0.15, 0.2) is 30.5 Å². The largest absolute Gasteiger partial charge is 0.388 e. The van der Waals surface area contributed by atoms with Gasteiger partial charge < -0.3 is 19.9 Å². The molecule has 27 heavy (non-hydrogen) atoms. The van der Waals surface area contributed by atoms with Gasteiger partial charge in [0.15, 0.2) is 0 Å². The van der Waals surface area contributed by atoms with Gasteiger partial charge in [-0.3, -0.25) is 9.59 Å². The van der Waals surface area contributed by atoms with Gasteiger partial charge in [0.25, 0.3) is 11.7 Å². The average Bonchev–Trinajstić information content (AvgIpc) is 3.06. The number of hydrogen-bond donors (Lipinski definition) is 2. The smallest absolute Gasteiger partial charge is 0.292 e. The number of carbonyl (C=O) groups excluding carboxylic acids is 2. The molecule has 146 valence electrons. The summed E-state index contributed by atoms with van der Waals surface area (Å²) in [7, 11) is 0. The molecule has 6 nitrogen and oxygen atoms in total. The van der Waals surface area contributed by atoms with E-state index >= 15 is 0 Å². The number of nitrogens with one attached hydrogen (secondary N) is 1. The lowest BCUT2D eigenvalue weighted by molar-refractivity contribution is -0.118. The summed E-state index contributed by atoms with van der Waals surface area (Å²) in [5, 5.41) is 14.1. The lowest BCUT2D eigenvalue weighted by Gasteiger charge is -2.37. The van der Waals surface area contributed by atoms with Crippen molar-refractivity contribution in [2.45, 2.75) is 45.3 Å². The number of piperidine rings is 1. The number of aromatic nitrogens is 1. The van der Waals surface area contributed by atoms with Gasteiger partial charge >= 0.3 is 0 Å². The van der Waals surface area contributed by atoms with Crippen LogP contribution in [0.25, 0.3) is 10.9 Å². The molecule has 0 radical (unpaired) electrons. The fourth-order valence-corrected chi connectivity index (χ4v) is 3.72. The molecule has 1 aliphatic rings. The van der Waals surface area contributed by atoms with Crippen LogP contribution in [-0.2, 0) is 4.79 Å². The molecule has 1 aromatic carbocycles. The quantitative estimate of drug-likeness (QED) is 0.604. The van der Waals surface area contributed by atoms with Gasteiger partial charge in [0, 0.05) is 42.8 Å². The number of Topliss-reactive ketones (excluding diaryl/α,β-unsaturated/α-hetero) is 1. The summed E-state index contributed by atoms with van der Waals surface area (Å²) in [5.74, 6) is -1.21. The fourth-order valence-electron chi connectivity index (χ4n) is 3.72. The van der Waals surface area contributed by atoms with Crippen LogP contribution >= 0.6 is 0 Å². The molecule has 1 saturated heterocycles. The second-order valence-corrected chi connectivity index (χ2v) is 7.73. The van der Waals surface area contributed by atoms with Crippen molar-refractivity contribution >= 4 is 22.6 Å². The molecule has 1 aromatic heterocycles. The number of para-hydroxylation sites is 1. The zero-order chi connectivity index (χ0) is 19.6. The first kappa shape index (κ1) is 19.6. The maximum atomic E-state index is 12.8. The summed E-state index contributed by atoms with van der Waals surface area (Å²) < 4.78 is 2.00. The summed E-state index contributed by atoms with van der Waals surface area (Å²) in [4.78, 5) is 27.5. The molecule has 0 saturated carbocycles. The van der Waals surface area contributed by atoms with Crippen molar-refractivity contribution in [2.24, 2.45) is 0 Å². The van der Waals surface area contributed by atoms with E-state index in [0.29, 0.717) is 18.4 Å². The highest BCUT2D eigenvalue weighted by Gasteiger charge is 2.33. The van der Waals surface area contributed by atoms with E-state index in [9.17, 15) is 14.7 Å². The molecule has 2 N–H and O–H groups in total. The number of amides is 1. The minimum absolute atomic E-state index is 0.109. The van der Waals surface area contributed by atoms with E-state index in [1.807, 2.05) is 42.7 Å². The molecule has 0 aliphatic carbocycles. The van der Waals surface area contributed by atoms with Crippen molar-refractivity contribution in [3.8, 4) is 0 Å². The molecule has 6 heteroatoms. The van der Waals surface area contributed by atoms with Gasteiger partial charge in [-0.2, -0.15) is 0 Å². The van der Waals surface area contributed by atoms with E-state index in [0.717, 1.165) is 30.5 Å². The van der Waals surface area contributed by atoms with Crippen molar-refractivity contribution < 1.29 is 14.7 Å². The van der Waals surface area contributed by atoms with Gasteiger partial charge in [-0.15, -0.1) is 0 Å². The van der Waals surface area contributed by atoms with E-state index in [2.05, 4.69) is 17.1 Å². The third-order valence-corrected chi connectivity index (χ3v) is 5.56. The Hall–Kier alpha value is -2.18. The Morgan fingerprint density at radius 1 is 1.22 bits per heavy atom. The second kappa shape index (κ2) is 7.82. The van der Waals surface area contributed by atoms with Gasteiger partial charge in [-0.25, -0.2) is 0 Å². The predicted molar refractivity (Wildman–Crippen MR) is 106 cm³/mol. The number of hydrogen-bond acceptors (Lipinski definition) is 4. The SMILES string of the molecule is CCN1CCC(O)(CNC(=O)C(=O)c2cn(C(C)C)c3ccccc23)CC1. The first-order valence-corrected chi connectivity index (χ1v) is 9.71. The molecule has 2 aromatic rings. The Morgan fingerprint density at radius 2 is 1.89 bits per heavy atom. The van der Waals surface area contributed by atoms with E-state index in [-0.39, 0.29) is 12.6 Å². The third kappa shape index (κ3) is 4.06. The van der Waals surface area contributed by atoms with Crippen LogP contribution in [0.2, 0.25) is 0 Å². The summed E-state index contributed by atoms with van der Waals surface area (Å²) >= 11 is 0. The molecule has 3 rings (SSSR count). The Morgan fingerprint density at radius 3 is 2.52 bits per heavy atom. The second-order valence-electron chi connectivity index (χ2n) is 7.73. The molecule has 1 aliphatic heterocycles. The van der Waals surface area contributed by atoms with Crippen molar-refractivity contribution in [2.75, 3.05) is 26.2 Å². The van der Waals surface area contributed by atoms with Crippen LogP contribution in [0.1, 0.15) is 50.0 Å². The molecule has 0 spiro atoms. The molecule has 0 atom stereocenters. The Balaban J connectivity index is 1.71. The molecule has 1 fully saturated rings. The zero-order valence-corrected chi connectivity index (χ0v) is 16.4. The van der Waals surface area contributed by atoms with Crippen LogP contribution < -0.4 is 5.32 Å². The van der Waals surface area contributed by atoms with Crippen LogP contribution in [0.3, 0.4) is 0 Å². The summed E-state index contributed by atoms with van der Waals surface area (Å²) in [6.45, 7) is 8.85. The van der Waals surface area contributed by atoms with Crippen molar-refractivity contribution in [1.82, 2.24) is 14.8 Å². The Kier molecular flexibility index (Phi) is 5.67. The monoisotopic (exact) mass is 371 g/mol. The van der Waals surface area contributed by atoms with Crippen molar-refractivity contribution in [1.29, 1.82) is 0 Å². The van der Waals surface area contributed by atoms with E-state index < -0.39 is 17.3 Å². The number of benzene rings is 1. The molecular formula is C21H29N3O3. The summed E-state index contributed by atoms with van der Waals surface area (Å²) in [5.41, 5.74) is 0.409. The van der Waals surface area contributed by atoms with Crippen molar-refractivity contribution in [3.05, 3.63) is 36.0 Å². The number of likely N-dealkylation sites (tertiary alicyclic amines) is 1. The number of fused-ring (bicyclic) bond motifs is 1. The van der Waals surface area contributed by atoms with E-state index in [1.54, 1.807) is 6.20 Å². The number of rotatable bonds is 6. The highest BCUT2D eigenvalue weighted by Crippen LogP contribution is 2.25. The summed E-state index contributed by atoms with van der Waals surface area (Å²) in [6, 6.07) is 7.79. The molecule has 2 heterocycles. The number of aliphatic hydroxyl groups is 1. The van der Waals surface area contributed by atoms with Gasteiger partial charge in [0.2, 0.25) is 0 Å². The number of nitrogens with zero attached hydrogens (tertiary/aromatic N) is 2. The minimum Gasteiger partial charge on any atom is -0.388 e. The molecular weight excluding hydrogens is 342 g/mol. The van der Waals surface area contributed by atoms with Crippen LogP contribution in [0, 0.1) is 0 Å². The Labute approximate surface area is 160 Å². The van der Waals surface area contributed by atoms with Gasteiger partial charge in [-0.05, 0) is 39.3 Å². The van der Waals surface area contributed by atoms with Gasteiger partial charge in [-0.1, -0.05) is 25.1 Å². The highest BCUT2D eigenvalue weighted by atomic mass is 16.3. The zero-order valence-electron chi connectivity index (χ0n) is 16.4. The van der Waals surface area contributed by atoms with Gasteiger partial charge in [0.1, 0.15) is 0 Å². The predicted octanol–water partition coefficient (Wildman–Crippen LogP) is 2.37. The third-order valence-electron chi connectivity index (χ3n) is 5.56. The number of carbonyl (C=O) groups is 2. The van der Waals surface area contributed by atoms with Crippen LogP contribution in [0.5, 0.6) is 0 Å². The average molecular weight is 371 g/mol. The standard InChI is InChI=1S/C21H29N3O3/c1-4-23-11-9-21(27,10-12-23)14-22-20(26)19(25)17-13-24(15(2)3)18-8-6-5-7-16(17)18/h5-8,13,15,27H,4,9-12,14H2,1-3H3,(H,22,26). The molecule has 1 amide bonds. The lowest BCUT2D eigenvalue weighted by Crippen LogP contribution is -2.51. The maximum Gasteiger partial charge on any atom is 0.292 e. The normalized spacial score (nSPS) is 17.4. The minimum atomic E-state index is -0.937. The molecule has 0 unspecified atom stereocenters. The van der Waals surface area contributed by atoms with E-state index in [4.69, 9.17) is 0 Å². The van der Waals surface area contributed by atoms with Crippen LogP contribution in [-0.4, -0.2) is 58.0 Å². The van der Waals surface area contributed by atoms with Crippen molar-refractivity contribution in [3.63, 3.8) is 0 Å².